The molecule has 19 heavy (non-hydrogen) atoms. The predicted molar refractivity (Wildman–Crippen MR) is 70.2 cm³/mol. The summed E-state index contributed by atoms with van der Waals surface area (Å²) in [4.78, 5) is 8.53. The third-order valence-electron chi connectivity index (χ3n) is 2.90. The highest BCUT2D eigenvalue weighted by Gasteiger charge is 2.10. The van der Waals surface area contributed by atoms with Crippen LogP contribution in [0.25, 0.3) is 11.0 Å². The molecule has 3 nitrogen and oxygen atoms in total. The van der Waals surface area contributed by atoms with Crippen molar-refractivity contribution in [1.29, 1.82) is 0 Å². The summed E-state index contributed by atoms with van der Waals surface area (Å²) < 4.78 is 28.1. The number of hydrogen-bond acceptors (Lipinski definition) is 3. The first kappa shape index (κ1) is 12.2. The minimum Gasteiger partial charge on any atom is -0.324 e. The van der Waals surface area contributed by atoms with Gasteiger partial charge in [0.1, 0.15) is 0 Å². The zero-order valence-electron chi connectivity index (χ0n) is 10.2. The van der Waals surface area contributed by atoms with Crippen molar-refractivity contribution in [2.75, 3.05) is 0 Å². The Kier molecular flexibility index (Phi) is 3.02. The van der Waals surface area contributed by atoms with Crippen LogP contribution in [0.3, 0.4) is 0 Å². The first-order chi connectivity index (χ1) is 9.17. The summed E-state index contributed by atoms with van der Waals surface area (Å²) in [6, 6.07) is 2.28. The smallest absolute Gasteiger partial charge is 0.161 e. The van der Waals surface area contributed by atoms with Crippen molar-refractivity contribution >= 4 is 22.4 Å². The largest absolute Gasteiger partial charge is 0.324 e. The van der Waals surface area contributed by atoms with Crippen LogP contribution in [-0.4, -0.2) is 14.5 Å². The van der Waals surface area contributed by atoms with Crippen molar-refractivity contribution in [3.63, 3.8) is 0 Å². The number of thiazole rings is 1. The number of hydrogen-bond donors (Lipinski definition) is 0. The Bertz CT molecular complexity index is 733. The summed E-state index contributed by atoms with van der Waals surface area (Å²) in [5.74, 6) is -1.73. The van der Waals surface area contributed by atoms with Gasteiger partial charge in [-0.3, -0.25) is 0 Å². The van der Waals surface area contributed by atoms with E-state index in [0.29, 0.717) is 17.6 Å². The number of aromatic nitrogens is 3. The maximum absolute atomic E-state index is 13.3. The maximum atomic E-state index is 13.3. The first-order valence-corrected chi connectivity index (χ1v) is 6.78. The zero-order chi connectivity index (χ0) is 13.4. The standard InChI is InChI=1S/C13H11F2N3S/c1-2-13-17-8(6-19-13)5-18-7-16-11-3-9(14)10(15)4-12(11)18/h3-4,6-7H,2,5H2,1H3. The molecule has 1 aromatic carbocycles. The fourth-order valence-electron chi connectivity index (χ4n) is 1.94. The van der Waals surface area contributed by atoms with Crippen LogP contribution in [0.2, 0.25) is 0 Å². The number of halogens is 2. The number of fused-ring (bicyclic) bond motifs is 1. The van der Waals surface area contributed by atoms with Crippen LogP contribution in [0.15, 0.2) is 23.8 Å². The molecule has 0 aliphatic rings. The molecule has 0 saturated heterocycles. The molecule has 0 bridgehead atoms. The van der Waals surface area contributed by atoms with Gasteiger partial charge in [-0.15, -0.1) is 11.3 Å². The maximum Gasteiger partial charge on any atom is 0.161 e. The second-order valence-electron chi connectivity index (χ2n) is 4.21. The average molecular weight is 279 g/mol. The van der Waals surface area contributed by atoms with Gasteiger partial charge in [0.2, 0.25) is 0 Å². The molecule has 0 spiro atoms. The number of aryl methyl sites for hydroxylation is 1. The molecule has 0 saturated carbocycles. The molecule has 0 aliphatic carbocycles. The molecule has 6 heteroatoms. The second-order valence-corrected chi connectivity index (χ2v) is 5.16. The monoisotopic (exact) mass is 279 g/mol. The number of rotatable bonds is 3. The number of benzene rings is 1. The van der Waals surface area contributed by atoms with Crippen LogP contribution in [0.4, 0.5) is 8.78 Å². The van der Waals surface area contributed by atoms with E-state index in [1.807, 2.05) is 12.3 Å². The van der Waals surface area contributed by atoms with Gasteiger partial charge < -0.3 is 4.57 Å². The third-order valence-corrected chi connectivity index (χ3v) is 3.94. The van der Waals surface area contributed by atoms with E-state index in [2.05, 4.69) is 9.97 Å². The lowest BCUT2D eigenvalue weighted by molar-refractivity contribution is 0.510. The summed E-state index contributed by atoms with van der Waals surface area (Å²) in [7, 11) is 0. The molecule has 98 valence electrons. The number of nitrogens with zero attached hydrogens (tertiary/aromatic N) is 3. The van der Waals surface area contributed by atoms with Gasteiger partial charge in [0.05, 0.1) is 34.6 Å². The summed E-state index contributed by atoms with van der Waals surface area (Å²) >= 11 is 1.60. The van der Waals surface area contributed by atoms with Gasteiger partial charge in [0.25, 0.3) is 0 Å². The molecule has 0 atom stereocenters. The fourth-order valence-corrected chi connectivity index (χ4v) is 2.67. The molecular formula is C13H11F2N3S. The van der Waals surface area contributed by atoms with Crippen LogP contribution in [-0.2, 0) is 13.0 Å². The van der Waals surface area contributed by atoms with E-state index >= 15 is 0 Å². The van der Waals surface area contributed by atoms with E-state index in [4.69, 9.17) is 0 Å². The van der Waals surface area contributed by atoms with E-state index in [1.165, 1.54) is 6.07 Å². The van der Waals surface area contributed by atoms with Crippen LogP contribution in [0.5, 0.6) is 0 Å². The molecular weight excluding hydrogens is 268 g/mol. The van der Waals surface area contributed by atoms with E-state index in [-0.39, 0.29) is 0 Å². The molecule has 0 unspecified atom stereocenters. The average Bonchev–Trinajstić information content (AvgIpc) is 2.99. The quantitative estimate of drug-likeness (QED) is 0.736. The summed E-state index contributed by atoms with van der Waals surface area (Å²) in [6.45, 7) is 2.56. The van der Waals surface area contributed by atoms with Crippen molar-refractivity contribution in [1.82, 2.24) is 14.5 Å². The molecule has 3 aromatic rings. The van der Waals surface area contributed by atoms with Crippen molar-refractivity contribution in [2.24, 2.45) is 0 Å². The molecule has 0 radical (unpaired) electrons. The van der Waals surface area contributed by atoms with E-state index in [9.17, 15) is 8.78 Å². The van der Waals surface area contributed by atoms with Crippen LogP contribution >= 0.6 is 11.3 Å². The van der Waals surface area contributed by atoms with E-state index in [1.54, 1.807) is 22.2 Å². The highest BCUT2D eigenvalue weighted by molar-refractivity contribution is 7.09. The molecule has 0 N–H and O–H groups in total. The normalized spacial score (nSPS) is 11.3. The Balaban J connectivity index is 1.98. The van der Waals surface area contributed by atoms with Gasteiger partial charge in [-0.05, 0) is 6.42 Å². The summed E-state index contributed by atoms with van der Waals surface area (Å²) in [6.07, 6.45) is 2.48. The Hall–Kier alpha value is -1.82. The van der Waals surface area contributed by atoms with Crippen LogP contribution < -0.4 is 0 Å². The Morgan fingerprint density at radius 3 is 2.79 bits per heavy atom. The highest BCUT2D eigenvalue weighted by Crippen LogP contribution is 2.19. The SMILES string of the molecule is CCc1nc(Cn2cnc3cc(F)c(F)cc32)cs1. The van der Waals surface area contributed by atoms with E-state index < -0.39 is 11.6 Å². The second kappa shape index (κ2) is 4.70. The van der Waals surface area contributed by atoms with Crippen molar-refractivity contribution in [3.05, 3.63) is 46.2 Å². The van der Waals surface area contributed by atoms with Gasteiger partial charge >= 0.3 is 0 Å². The van der Waals surface area contributed by atoms with Crippen molar-refractivity contribution in [3.8, 4) is 0 Å². The van der Waals surface area contributed by atoms with Crippen LogP contribution in [0, 0.1) is 11.6 Å². The lowest BCUT2D eigenvalue weighted by Gasteiger charge is -2.01. The minimum absolute atomic E-state index is 0.449. The van der Waals surface area contributed by atoms with Gasteiger partial charge in [0.15, 0.2) is 11.6 Å². The lowest BCUT2D eigenvalue weighted by atomic mass is 10.3. The fraction of sp³-hybridized carbons (Fsp3) is 0.231. The van der Waals surface area contributed by atoms with Gasteiger partial charge in [-0.25, -0.2) is 18.7 Å². The molecule has 0 amide bonds. The molecule has 0 aliphatic heterocycles. The Morgan fingerprint density at radius 2 is 2.05 bits per heavy atom. The van der Waals surface area contributed by atoms with Crippen molar-refractivity contribution in [2.45, 2.75) is 19.9 Å². The molecule has 3 rings (SSSR count). The van der Waals surface area contributed by atoms with E-state index in [0.717, 1.165) is 23.2 Å². The number of imidazole rings is 1. The highest BCUT2D eigenvalue weighted by atomic mass is 32.1. The zero-order valence-corrected chi connectivity index (χ0v) is 11.0. The van der Waals surface area contributed by atoms with Crippen molar-refractivity contribution < 1.29 is 8.78 Å². The Labute approximate surface area is 112 Å². The lowest BCUT2D eigenvalue weighted by Crippen LogP contribution is -1.99. The topological polar surface area (TPSA) is 30.7 Å². The third kappa shape index (κ3) is 2.23. The molecule has 0 fully saturated rings. The predicted octanol–water partition coefficient (Wildman–Crippen LogP) is 3.38. The van der Waals surface area contributed by atoms with Gasteiger partial charge in [-0.1, -0.05) is 6.92 Å². The summed E-state index contributed by atoms with van der Waals surface area (Å²) in [5.41, 5.74) is 1.93. The molecule has 2 heterocycles. The summed E-state index contributed by atoms with van der Waals surface area (Å²) in [5, 5.41) is 3.04. The van der Waals surface area contributed by atoms with Crippen LogP contribution in [0.1, 0.15) is 17.6 Å². The minimum atomic E-state index is -0.875. The van der Waals surface area contributed by atoms with Gasteiger partial charge in [-0.2, -0.15) is 0 Å². The molecule has 2 aromatic heterocycles. The van der Waals surface area contributed by atoms with Gasteiger partial charge in [0, 0.05) is 17.5 Å². The first-order valence-electron chi connectivity index (χ1n) is 5.90. The Morgan fingerprint density at radius 1 is 1.26 bits per heavy atom.